The predicted molar refractivity (Wildman–Crippen MR) is 146 cm³/mol. The van der Waals surface area contributed by atoms with Crippen molar-refractivity contribution in [1.82, 2.24) is 9.44 Å². The Kier molecular flexibility index (Phi) is 9.97. The number of rotatable bonds is 12. The molecule has 0 unspecified atom stereocenters. The van der Waals surface area contributed by atoms with Gasteiger partial charge in [0.05, 0.1) is 9.79 Å². The van der Waals surface area contributed by atoms with Crippen LogP contribution >= 0.6 is 0 Å². The lowest BCUT2D eigenvalue weighted by atomic mass is 9.81. The van der Waals surface area contributed by atoms with E-state index < -0.39 is 20.0 Å². The third-order valence-corrected chi connectivity index (χ3v) is 9.05. The third kappa shape index (κ3) is 7.84. The minimum atomic E-state index is -3.64. The second kappa shape index (κ2) is 13.0. The van der Waals surface area contributed by atoms with Crippen LogP contribution in [0.15, 0.2) is 83.6 Å². The van der Waals surface area contributed by atoms with Gasteiger partial charge < -0.3 is 10.6 Å². The summed E-state index contributed by atoms with van der Waals surface area (Å²) >= 11 is 0. The molecule has 0 saturated heterocycles. The van der Waals surface area contributed by atoms with Crippen LogP contribution in [0.3, 0.4) is 0 Å². The number of amides is 2. The van der Waals surface area contributed by atoms with Gasteiger partial charge in [0, 0.05) is 36.3 Å². The maximum atomic E-state index is 12.7. The highest BCUT2D eigenvalue weighted by molar-refractivity contribution is 7.89. The van der Waals surface area contributed by atoms with E-state index in [9.17, 15) is 26.4 Å². The monoisotopic (exact) mass is 560 g/mol. The van der Waals surface area contributed by atoms with Crippen molar-refractivity contribution < 1.29 is 26.4 Å². The zero-order valence-corrected chi connectivity index (χ0v) is 22.5. The lowest BCUT2D eigenvalue weighted by molar-refractivity contribution is -0.125. The van der Waals surface area contributed by atoms with Crippen molar-refractivity contribution in [2.24, 2.45) is 11.8 Å². The number of anilines is 2. The molecule has 38 heavy (non-hydrogen) atoms. The average Bonchev–Trinajstić information content (AvgIpc) is 2.91. The predicted octanol–water partition coefficient (Wildman–Crippen LogP) is 3.00. The molecular weight excluding hydrogens is 528 g/mol. The molecular formula is C26H32N4O6S2. The first kappa shape index (κ1) is 29.2. The van der Waals surface area contributed by atoms with Crippen LogP contribution in [0.25, 0.3) is 0 Å². The summed E-state index contributed by atoms with van der Waals surface area (Å²) < 4.78 is 53.4. The summed E-state index contributed by atoms with van der Waals surface area (Å²) in [5.74, 6) is -0.870. The molecule has 2 amide bonds. The smallest absolute Gasteiger partial charge is 0.240 e. The Bertz CT molecular complexity index is 1260. The molecule has 0 aliphatic heterocycles. The fraction of sp³-hybridized carbons (Fsp3) is 0.308. The number of hydrogen-bond donors (Lipinski definition) is 4. The van der Waals surface area contributed by atoms with Gasteiger partial charge in [0.15, 0.2) is 0 Å². The number of nitrogens with one attached hydrogen (secondary N) is 4. The summed E-state index contributed by atoms with van der Waals surface area (Å²) in [6.45, 7) is 7.19. The molecule has 1 saturated carbocycles. The molecule has 2 aromatic carbocycles. The first-order chi connectivity index (χ1) is 18.1. The van der Waals surface area contributed by atoms with Gasteiger partial charge in [0.1, 0.15) is 0 Å². The molecule has 4 N–H and O–H groups in total. The van der Waals surface area contributed by atoms with Crippen molar-refractivity contribution in [2.75, 3.05) is 23.7 Å². The molecule has 0 heterocycles. The van der Waals surface area contributed by atoms with Crippen molar-refractivity contribution in [1.29, 1.82) is 0 Å². The first-order valence-electron chi connectivity index (χ1n) is 12.1. The van der Waals surface area contributed by atoms with E-state index in [4.69, 9.17) is 0 Å². The fourth-order valence-corrected chi connectivity index (χ4v) is 6.04. The minimum Gasteiger partial charge on any atom is -0.326 e. The fourth-order valence-electron chi connectivity index (χ4n) is 4.05. The van der Waals surface area contributed by atoms with E-state index in [0.29, 0.717) is 37.1 Å². The lowest BCUT2D eigenvalue weighted by Gasteiger charge is -2.27. The van der Waals surface area contributed by atoms with E-state index >= 15 is 0 Å². The Morgan fingerprint density at radius 3 is 1.26 bits per heavy atom. The van der Waals surface area contributed by atoms with Crippen LogP contribution in [-0.2, 0) is 29.6 Å². The minimum absolute atomic E-state index is 0.0875. The van der Waals surface area contributed by atoms with E-state index in [0.717, 1.165) is 0 Å². The number of sulfonamides is 2. The molecule has 10 nitrogen and oxygen atoms in total. The van der Waals surface area contributed by atoms with Gasteiger partial charge in [-0.2, -0.15) is 0 Å². The van der Waals surface area contributed by atoms with Gasteiger partial charge in [-0.15, -0.1) is 13.2 Å². The summed E-state index contributed by atoms with van der Waals surface area (Å²) in [6.07, 6.45) is 5.03. The summed E-state index contributed by atoms with van der Waals surface area (Å²) in [5, 5.41) is 5.63. The number of benzene rings is 2. The van der Waals surface area contributed by atoms with E-state index in [-0.39, 0.29) is 46.5 Å². The van der Waals surface area contributed by atoms with Crippen LogP contribution < -0.4 is 20.1 Å². The van der Waals surface area contributed by atoms with Crippen molar-refractivity contribution in [2.45, 2.75) is 35.5 Å². The molecule has 12 heteroatoms. The van der Waals surface area contributed by atoms with Crippen LogP contribution in [0.4, 0.5) is 11.4 Å². The SMILES string of the molecule is C=CCNS(=O)(=O)c1ccc(NC(=O)C2CCC(C(=O)Nc3ccc(S(=O)(=O)NCC=C)cc3)CC2)cc1. The van der Waals surface area contributed by atoms with Gasteiger partial charge in [0.25, 0.3) is 0 Å². The van der Waals surface area contributed by atoms with Crippen molar-refractivity contribution in [3.8, 4) is 0 Å². The highest BCUT2D eigenvalue weighted by Gasteiger charge is 2.30. The average molecular weight is 561 g/mol. The molecule has 1 fully saturated rings. The second-order valence-corrected chi connectivity index (χ2v) is 12.4. The summed E-state index contributed by atoms with van der Waals surface area (Å²) in [6, 6.07) is 11.8. The maximum absolute atomic E-state index is 12.7. The van der Waals surface area contributed by atoms with Crippen LogP contribution in [0.5, 0.6) is 0 Å². The maximum Gasteiger partial charge on any atom is 0.240 e. The van der Waals surface area contributed by atoms with Crippen molar-refractivity contribution in [3.63, 3.8) is 0 Å². The van der Waals surface area contributed by atoms with Crippen molar-refractivity contribution >= 4 is 43.2 Å². The molecule has 0 spiro atoms. The summed E-state index contributed by atoms with van der Waals surface area (Å²) in [7, 11) is -7.28. The van der Waals surface area contributed by atoms with Gasteiger partial charge >= 0.3 is 0 Å². The Morgan fingerprint density at radius 1 is 0.658 bits per heavy atom. The topological polar surface area (TPSA) is 151 Å². The normalized spacial score (nSPS) is 17.8. The Hall–Kier alpha value is -3.32. The Morgan fingerprint density at radius 2 is 0.974 bits per heavy atom. The summed E-state index contributed by atoms with van der Waals surface area (Å²) in [4.78, 5) is 25.6. The van der Waals surface area contributed by atoms with Crippen LogP contribution in [0.1, 0.15) is 25.7 Å². The summed E-state index contributed by atoms with van der Waals surface area (Å²) in [5.41, 5.74) is 0.977. The van der Waals surface area contributed by atoms with Crippen LogP contribution in [0, 0.1) is 11.8 Å². The quantitative estimate of drug-likeness (QED) is 0.293. The highest BCUT2D eigenvalue weighted by atomic mass is 32.2. The van der Waals surface area contributed by atoms with E-state index in [2.05, 4.69) is 33.2 Å². The Balaban J connectivity index is 1.49. The number of carbonyl (C=O) groups is 2. The molecule has 0 aromatic heterocycles. The molecule has 3 rings (SSSR count). The van der Waals surface area contributed by atoms with E-state index in [1.807, 2.05) is 0 Å². The molecule has 0 atom stereocenters. The van der Waals surface area contributed by atoms with Crippen LogP contribution in [0.2, 0.25) is 0 Å². The zero-order valence-electron chi connectivity index (χ0n) is 20.9. The number of hydrogen-bond acceptors (Lipinski definition) is 6. The third-order valence-electron chi connectivity index (χ3n) is 6.17. The molecule has 1 aliphatic carbocycles. The molecule has 0 bridgehead atoms. The van der Waals surface area contributed by atoms with Gasteiger partial charge in [-0.1, -0.05) is 12.2 Å². The van der Waals surface area contributed by atoms with Crippen molar-refractivity contribution in [3.05, 3.63) is 73.8 Å². The first-order valence-corrected chi connectivity index (χ1v) is 15.1. The molecule has 1 aliphatic rings. The number of carbonyl (C=O) groups excluding carboxylic acids is 2. The largest absolute Gasteiger partial charge is 0.326 e. The highest BCUT2D eigenvalue weighted by Crippen LogP contribution is 2.31. The lowest BCUT2D eigenvalue weighted by Crippen LogP contribution is -2.32. The molecule has 2 aromatic rings. The zero-order chi connectivity index (χ0) is 27.8. The van der Waals surface area contributed by atoms with Gasteiger partial charge in [-0.25, -0.2) is 26.3 Å². The van der Waals surface area contributed by atoms with Crippen LogP contribution in [-0.4, -0.2) is 41.7 Å². The standard InChI is InChI=1S/C26H32N4O6S2/c1-3-17-27-37(33,34)23-13-9-21(10-14-23)29-25(31)19-5-7-20(8-6-19)26(32)30-22-11-15-24(16-12-22)38(35,36)28-18-4-2/h3-4,9-16,19-20,27-28H,1-2,5-8,17-18H2,(H,29,31)(H,30,32). The van der Waals surface area contributed by atoms with E-state index in [1.54, 1.807) is 0 Å². The van der Waals surface area contributed by atoms with E-state index in [1.165, 1.54) is 60.7 Å². The Labute approximate surface area is 223 Å². The van der Waals surface area contributed by atoms with Gasteiger partial charge in [0.2, 0.25) is 31.9 Å². The van der Waals surface area contributed by atoms with Gasteiger partial charge in [-0.3, -0.25) is 9.59 Å². The molecule has 204 valence electrons. The molecule has 0 radical (unpaired) electrons. The second-order valence-electron chi connectivity index (χ2n) is 8.86. The van der Waals surface area contributed by atoms with Gasteiger partial charge in [-0.05, 0) is 74.2 Å².